The van der Waals surface area contributed by atoms with E-state index < -0.39 is 40.2 Å². The normalized spacial score (nSPS) is 15.5. The lowest BCUT2D eigenvalue weighted by Gasteiger charge is -2.33. The van der Waals surface area contributed by atoms with Crippen molar-refractivity contribution in [1.29, 1.82) is 0 Å². The molecular formula is C17H21FN2O6. The first kappa shape index (κ1) is 19.6. The number of rotatable bonds is 3. The van der Waals surface area contributed by atoms with Crippen LogP contribution in [0.2, 0.25) is 0 Å². The first-order valence-corrected chi connectivity index (χ1v) is 8.19. The summed E-state index contributed by atoms with van der Waals surface area (Å²) in [5.41, 5.74) is -1.39. The molecule has 1 fully saturated rings. The topological polar surface area (TPSA) is 99.0 Å². The Balaban J connectivity index is 1.90. The van der Waals surface area contributed by atoms with Crippen LogP contribution in [0.5, 0.6) is 0 Å². The van der Waals surface area contributed by atoms with E-state index in [0.717, 1.165) is 12.1 Å². The highest BCUT2D eigenvalue weighted by atomic mass is 19.1. The lowest BCUT2D eigenvalue weighted by Crippen LogP contribution is -2.43. The van der Waals surface area contributed by atoms with Gasteiger partial charge in [-0.1, -0.05) is 0 Å². The zero-order chi connectivity index (χ0) is 19.5. The van der Waals surface area contributed by atoms with Gasteiger partial charge in [-0.15, -0.1) is 0 Å². The van der Waals surface area contributed by atoms with E-state index in [4.69, 9.17) is 9.47 Å². The summed E-state index contributed by atoms with van der Waals surface area (Å²) in [6, 6.07) is 2.76. The Labute approximate surface area is 150 Å². The minimum atomic E-state index is -1.00. The number of esters is 1. The summed E-state index contributed by atoms with van der Waals surface area (Å²) in [5, 5.41) is 10.6. The monoisotopic (exact) mass is 368 g/mol. The fourth-order valence-corrected chi connectivity index (χ4v) is 2.48. The van der Waals surface area contributed by atoms with Crippen molar-refractivity contribution in [1.82, 2.24) is 4.90 Å². The molecule has 8 nitrogen and oxygen atoms in total. The van der Waals surface area contributed by atoms with Crippen LogP contribution in [0, 0.1) is 15.9 Å². The number of benzene rings is 1. The highest BCUT2D eigenvalue weighted by molar-refractivity contribution is 5.90. The Morgan fingerprint density at radius 2 is 1.88 bits per heavy atom. The minimum absolute atomic E-state index is 0.356. The van der Waals surface area contributed by atoms with Crippen LogP contribution in [0.25, 0.3) is 0 Å². The quantitative estimate of drug-likeness (QED) is 0.461. The molecule has 9 heteroatoms. The molecule has 0 aliphatic carbocycles. The number of carbonyl (C=O) groups is 2. The van der Waals surface area contributed by atoms with Gasteiger partial charge in [0.1, 0.15) is 17.5 Å². The molecule has 1 aliphatic heterocycles. The maximum absolute atomic E-state index is 13.9. The number of hydrogen-bond donors (Lipinski definition) is 0. The SMILES string of the molecule is CC(C)(C)OC(=O)N1CCC(OC(=O)c2ccc([N+](=O)[O-])cc2F)CC1. The average molecular weight is 368 g/mol. The van der Waals surface area contributed by atoms with Gasteiger partial charge in [0.2, 0.25) is 0 Å². The van der Waals surface area contributed by atoms with Gasteiger partial charge < -0.3 is 14.4 Å². The molecule has 142 valence electrons. The molecule has 2 rings (SSSR count). The zero-order valence-corrected chi connectivity index (χ0v) is 14.9. The molecular weight excluding hydrogens is 347 g/mol. The summed E-state index contributed by atoms with van der Waals surface area (Å²) in [4.78, 5) is 35.5. The molecule has 0 spiro atoms. The van der Waals surface area contributed by atoms with E-state index in [-0.39, 0.29) is 5.56 Å². The number of amides is 1. The average Bonchev–Trinajstić information content (AvgIpc) is 2.53. The fraction of sp³-hybridized carbons (Fsp3) is 0.529. The van der Waals surface area contributed by atoms with E-state index in [1.54, 1.807) is 20.8 Å². The Bertz CT molecular complexity index is 708. The standard InChI is InChI=1S/C17H21FN2O6/c1-17(2,3)26-16(22)19-8-6-12(7-9-19)25-15(21)13-5-4-11(20(23)24)10-14(13)18/h4-5,10,12H,6-9H2,1-3H3. The van der Waals surface area contributed by atoms with Gasteiger partial charge in [0.15, 0.2) is 0 Å². The number of carbonyl (C=O) groups excluding carboxylic acids is 2. The van der Waals surface area contributed by atoms with Crippen molar-refractivity contribution in [3.05, 3.63) is 39.7 Å². The Morgan fingerprint density at radius 1 is 1.27 bits per heavy atom. The van der Waals surface area contributed by atoms with Crippen LogP contribution in [-0.4, -0.2) is 46.7 Å². The first-order chi connectivity index (χ1) is 12.1. The van der Waals surface area contributed by atoms with Crippen molar-refractivity contribution in [3.63, 3.8) is 0 Å². The number of likely N-dealkylation sites (tertiary alicyclic amines) is 1. The van der Waals surface area contributed by atoms with Crippen LogP contribution >= 0.6 is 0 Å². The largest absolute Gasteiger partial charge is 0.459 e. The Kier molecular flexibility index (Phi) is 5.79. The van der Waals surface area contributed by atoms with E-state index in [2.05, 4.69) is 0 Å². The number of halogens is 1. The number of ether oxygens (including phenoxy) is 2. The van der Waals surface area contributed by atoms with Crippen LogP contribution < -0.4 is 0 Å². The van der Waals surface area contributed by atoms with Crippen molar-refractivity contribution in [2.24, 2.45) is 0 Å². The van der Waals surface area contributed by atoms with Gasteiger partial charge in [-0.2, -0.15) is 0 Å². The Hall–Kier alpha value is -2.71. The molecule has 0 radical (unpaired) electrons. The van der Waals surface area contributed by atoms with Gasteiger partial charge >= 0.3 is 12.1 Å². The number of non-ortho nitro benzene ring substituents is 1. The first-order valence-electron chi connectivity index (χ1n) is 8.19. The molecule has 1 aromatic rings. The molecule has 0 saturated carbocycles. The molecule has 0 bridgehead atoms. The number of nitrogens with zero attached hydrogens (tertiary/aromatic N) is 2. The second-order valence-electron chi connectivity index (χ2n) is 6.99. The van der Waals surface area contributed by atoms with Gasteiger partial charge in [0.25, 0.3) is 5.69 Å². The van der Waals surface area contributed by atoms with Crippen molar-refractivity contribution < 1.29 is 28.4 Å². The predicted octanol–water partition coefficient (Wildman–Crippen LogP) is 3.29. The highest BCUT2D eigenvalue weighted by Crippen LogP contribution is 2.21. The molecule has 0 N–H and O–H groups in total. The Morgan fingerprint density at radius 3 is 2.38 bits per heavy atom. The maximum atomic E-state index is 13.9. The van der Waals surface area contributed by atoms with Crippen molar-refractivity contribution in [3.8, 4) is 0 Å². The molecule has 26 heavy (non-hydrogen) atoms. The molecule has 1 amide bonds. The molecule has 1 aliphatic rings. The molecule has 1 aromatic carbocycles. The third kappa shape index (κ3) is 5.14. The molecule has 0 unspecified atom stereocenters. The van der Waals surface area contributed by atoms with Crippen LogP contribution in [0.3, 0.4) is 0 Å². The van der Waals surface area contributed by atoms with Crippen LogP contribution in [-0.2, 0) is 9.47 Å². The maximum Gasteiger partial charge on any atom is 0.410 e. The number of nitro groups is 1. The van der Waals surface area contributed by atoms with E-state index in [0.29, 0.717) is 32.0 Å². The van der Waals surface area contributed by atoms with Crippen molar-refractivity contribution >= 4 is 17.7 Å². The summed E-state index contributed by atoms with van der Waals surface area (Å²) < 4.78 is 24.4. The summed E-state index contributed by atoms with van der Waals surface area (Å²) in [7, 11) is 0. The van der Waals surface area contributed by atoms with E-state index in [1.807, 2.05) is 0 Å². The number of nitro benzene ring substituents is 1. The second kappa shape index (κ2) is 7.67. The third-order valence-electron chi connectivity index (χ3n) is 3.75. The third-order valence-corrected chi connectivity index (χ3v) is 3.75. The van der Waals surface area contributed by atoms with E-state index in [9.17, 15) is 24.1 Å². The number of hydrogen-bond acceptors (Lipinski definition) is 6. The van der Waals surface area contributed by atoms with Gasteiger partial charge in [-0.25, -0.2) is 14.0 Å². The van der Waals surface area contributed by atoms with E-state index in [1.165, 1.54) is 4.90 Å². The summed E-state index contributed by atoms with van der Waals surface area (Å²) in [5.74, 6) is -1.89. The minimum Gasteiger partial charge on any atom is -0.459 e. The fourth-order valence-electron chi connectivity index (χ4n) is 2.48. The van der Waals surface area contributed by atoms with Gasteiger partial charge in [-0.05, 0) is 26.8 Å². The predicted molar refractivity (Wildman–Crippen MR) is 89.3 cm³/mol. The van der Waals surface area contributed by atoms with Crippen LogP contribution in [0.15, 0.2) is 18.2 Å². The number of piperidine rings is 1. The molecule has 1 saturated heterocycles. The van der Waals surface area contributed by atoms with E-state index >= 15 is 0 Å². The van der Waals surface area contributed by atoms with Gasteiger partial charge in [-0.3, -0.25) is 10.1 Å². The summed E-state index contributed by atoms with van der Waals surface area (Å²) in [6.45, 7) is 6.04. The molecule has 1 heterocycles. The molecule has 0 aromatic heterocycles. The lowest BCUT2D eigenvalue weighted by molar-refractivity contribution is -0.385. The second-order valence-corrected chi connectivity index (χ2v) is 6.99. The summed E-state index contributed by atoms with van der Waals surface area (Å²) >= 11 is 0. The van der Waals surface area contributed by atoms with Crippen LogP contribution in [0.1, 0.15) is 44.0 Å². The zero-order valence-electron chi connectivity index (χ0n) is 14.9. The lowest BCUT2D eigenvalue weighted by atomic mass is 10.1. The van der Waals surface area contributed by atoms with Gasteiger partial charge in [0, 0.05) is 32.0 Å². The van der Waals surface area contributed by atoms with Crippen LogP contribution in [0.4, 0.5) is 14.9 Å². The summed E-state index contributed by atoms with van der Waals surface area (Å²) in [6.07, 6.45) is -0.0847. The van der Waals surface area contributed by atoms with Gasteiger partial charge in [0.05, 0.1) is 16.6 Å². The van der Waals surface area contributed by atoms with Crippen molar-refractivity contribution in [2.75, 3.05) is 13.1 Å². The van der Waals surface area contributed by atoms with Crippen molar-refractivity contribution in [2.45, 2.75) is 45.3 Å². The molecule has 0 atom stereocenters. The smallest absolute Gasteiger partial charge is 0.410 e. The highest BCUT2D eigenvalue weighted by Gasteiger charge is 2.29.